The molecule has 11 nitrogen and oxygen atoms in total. The number of carboxylic acid groups (broad SMARTS) is 1. The van der Waals surface area contributed by atoms with Gasteiger partial charge in [-0.2, -0.15) is 18.3 Å². The molecular formula is C23H28F3N7O4. The van der Waals surface area contributed by atoms with Crippen LogP contribution in [0.5, 0.6) is 0 Å². The molecule has 14 heteroatoms. The van der Waals surface area contributed by atoms with E-state index in [1.807, 2.05) is 32.2 Å². The van der Waals surface area contributed by atoms with Crippen LogP contribution in [0.1, 0.15) is 34.4 Å². The number of alkyl halides is 3. The second kappa shape index (κ2) is 11.0. The highest BCUT2D eigenvalue weighted by Crippen LogP contribution is 2.25. The van der Waals surface area contributed by atoms with E-state index in [0.717, 1.165) is 47.9 Å². The van der Waals surface area contributed by atoms with Crippen molar-refractivity contribution >= 4 is 23.2 Å². The average Bonchev–Trinajstić information content (AvgIpc) is 3.20. The topological polar surface area (TPSA) is 136 Å². The Labute approximate surface area is 209 Å². The second-order valence-electron chi connectivity index (χ2n) is 8.57. The quantitative estimate of drug-likeness (QED) is 0.443. The van der Waals surface area contributed by atoms with Crippen molar-refractivity contribution in [3.8, 4) is 0 Å². The maximum absolute atomic E-state index is 12.0. The maximum atomic E-state index is 12.0. The van der Waals surface area contributed by atoms with E-state index in [-0.39, 0.29) is 11.5 Å². The van der Waals surface area contributed by atoms with Crippen molar-refractivity contribution in [2.75, 3.05) is 32.1 Å². The molecule has 0 unspecified atom stereocenters. The fourth-order valence-corrected chi connectivity index (χ4v) is 3.89. The van der Waals surface area contributed by atoms with Gasteiger partial charge in [-0.05, 0) is 25.5 Å². The lowest BCUT2D eigenvalue weighted by Gasteiger charge is -2.45. The zero-order valence-corrected chi connectivity index (χ0v) is 20.8. The van der Waals surface area contributed by atoms with Gasteiger partial charge in [0, 0.05) is 51.6 Å². The van der Waals surface area contributed by atoms with E-state index in [1.54, 1.807) is 17.6 Å². The number of aromatic nitrogens is 4. The summed E-state index contributed by atoms with van der Waals surface area (Å²) in [5.41, 5.74) is 4.64. The summed E-state index contributed by atoms with van der Waals surface area (Å²) >= 11 is 0. The molecule has 1 aliphatic heterocycles. The minimum Gasteiger partial charge on any atom is -0.475 e. The Balaban J connectivity index is 0.000000479. The summed E-state index contributed by atoms with van der Waals surface area (Å²) in [4.78, 5) is 44.5. The lowest BCUT2D eigenvalue weighted by Crippen LogP contribution is -2.58. The highest BCUT2D eigenvalue weighted by molar-refractivity contribution is 5.92. The third-order valence-corrected chi connectivity index (χ3v) is 5.99. The van der Waals surface area contributed by atoms with Crippen LogP contribution >= 0.6 is 0 Å². The molecule has 3 aromatic heterocycles. The number of nitrogens with zero attached hydrogens (tertiary/aromatic N) is 5. The molecule has 0 radical (unpaired) electrons. The molecule has 4 heterocycles. The number of anilines is 1. The number of hydrogen-bond donors (Lipinski definition) is 3. The molecular weight excluding hydrogens is 495 g/mol. The SMILES string of the molecule is CCc1cn2nc(CN3CC(N(C)c4ccc(C(=O)NC)nc4C)C3)cc2[nH]c1=O.O=C(O)C(F)(F)F. The Bertz CT molecular complexity index is 1350. The third kappa shape index (κ3) is 6.44. The number of carbonyl (C=O) groups excluding carboxylic acids is 1. The van der Waals surface area contributed by atoms with Gasteiger partial charge in [0.2, 0.25) is 0 Å². The van der Waals surface area contributed by atoms with Crippen molar-refractivity contribution in [1.82, 2.24) is 29.8 Å². The van der Waals surface area contributed by atoms with Gasteiger partial charge >= 0.3 is 12.1 Å². The maximum Gasteiger partial charge on any atom is 0.490 e. The van der Waals surface area contributed by atoms with Crippen molar-refractivity contribution in [2.24, 2.45) is 0 Å². The number of rotatable bonds is 6. The number of nitrogens with one attached hydrogen (secondary N) is 2. The van der Waals surface area contributed by atoms with Crippen molar-refractivity contribution in [3.05, 3.63) is 57.4 Å². The number of hydrogen-bond acceptors (Lipinski definition) is 7. The van der Waals surface area contributed by atoms with Crippen molar-refractivity contribution in [2.45, 2.75) is 39.0 Å². The predicted molar refractivity (Wildman–Crippen MR) is 129 cm³/mol. The normalized spacial score (nSPS) is 14.0. The van der Waals surface area contributed by atoms with E-state index in [1.165, 1.54) is 0 Å². The third-order valence-electron chi connectivity index (χ3n) is 5.99. The number of likely N-dealkylation sites (N-methyl/N-ethyl adjacent to an activating group) is 1. The van der Waals surface area contributed by atoms with Crippen LogP contribution in [0.3, 0.4) is 0 Å². The van der Waals surface area contributed by atoms with Gasteiger partial charge in [-0.25, -0.2) is 14.3 Å². The lowest BCUT2D eigenvalue weighted by atomic mass is 10.1. The van der Waals surface area contributed by atoms with Gasteiger partial charge in [0.1, 0.15) is 11.3 Å². The number of H-pyrrole nitrogens is 1. The number of aliphatic carboxylic acids is 1. The van der Waals surface area contributed by atoms with Crippen molar-refractivity contribution in [3.63, 3.8) is 0 Å². The number of fused-ring (bicyclic) bond motifs is 1. The highest BCUT2D eigenvalue weighted by Gasteiger charge is 2.38. The first-order valence-corrected chi connectivity index (χ1v) is 11.4. The Morgan fingerprint density at radius 2 is 1.95 bits per heavy atom. The molecule has 0 aromatic carbocycles. The molecule has 4 rings (SSSR count). The van der Waals surface area contributed by atoms with Gasteiger partial charge in [-0.1, -0.05) is 6.92 Å². The van der Waals surface area contributed by atoms with Gasteiger partial charge in [-0.3, -0.25) is 14.5 Å². The first kappa shape index (κ1) is 27.6. The standard InChI is InChI=1S/C21H27N7O2.C2HF3O2/c1-5-14-9-28-19(24-20(14)29)8-15(25-28)10-27-11-16(12-27)26(4)18-7-6-17(21(30)22-3)23-13(18)2;3-2(4,5)1(6)7/h6-9,16H,5,10-12H2,1-4H3,(H,22,30)(H,24,29);(H,6,7). The molecule has 200 valence electrons. The lowest BCUT2D eigenvalue weighted by molar-refractivity contribution is -0.192. The summed E-state index contributed by atoms with van der Waals surface area (Å²) in [6, 6.07) is 6.03. The van der Waals surface area contributed by atoms with E-state index in [0.29, 0.717) is 18.2 Å². The number of halogens is 3. The highest BCUT2D eigenvalue weighted by atomic mass is 19.4. The van der Waals surface area contributed by atoms with E-state index in [2.05, 4.69) is 37.2 Å². The minimum atomic E-state index is -5.08. The number of likely N-dealkylation sites (tertiary alicyclic amines) is 1. The first-order valence-electron chi connectivity index (χ1n) is 11.4. The summed E-state index contributed by atoms with van der Waals surface area (Å²) in [6.07, 6.45) is -2.60. The molecule has 0 spiro atoms. The molecule has 0 bridgehead atoms. The number of aryl methyl sites for hydroxylation is 2. The molecule has 1 aliphatic rings. The Morgan fingerprint density at radius 1 is 1.30 bits per heavy atom. The zero-order valence-electron chi connectivity index (χ0n) is 20.8. The molecule has 0 saturated carbocycles. The second-order valence-corrected chi connectivity index (χ2v) is 8.57. The van der Waals surface area contributed by atoms with E-state index in [4.69, 9.17) is 9.90 Å². The van der Waals surface area contributed by atoms with Crippen LogP contribution in [0.25, 0.3) is 5.65 Å². The van der Waals surface area contributed by atoms with Gasteiger partial charge in [0.15, 0.2) is 0 Å². The fourth-order valence-electron chi connectivity index (χ4n) is 3.89. The van der Waals surface area contributed by atoms with E-state index < -0.39 is 12.1 Å². The van der Waals surface area contributed by atoms with Gasteiger partial charge in [0.25, 0.3) is 11.5 Å². The number of amides is 1. The number of carbonyl (C=O) groups is 2. The van der Waals surface area contributed by atoms with Crippen molar-refractivity contribution < 1.29 is 27.9 Å². The first-order chi connectivity index (χ1) is 17.3. The van der Waals surface area contributed by atoms with Crippen LogP contribution in [0.2, 0.25) is 0 Å². The monoisotopic (exact) mass is 523 g/mol. The van der Waals surface area contributed by atoms with Gasteiger partial charge in [-0.15, -0.1) is 0 Å². The summed E-state index contributed by atoms with van der Waals surface area (Å²) < 4.78 is 33.5. The van der Waals surface area contributed by atoms with E-state index in [9.17, 15) is 22.8 Å². The Kier molecular flexibility index (Phi) is 8.21. The number of pyridine rings is 1. The van der Waals surface area contributed by atoms with Crippen LogP contribution in [0.15, 0.2) is 29.2 Å². The van der Waals surface area contributed by atoms with Gasteiger partial charge in [0.05, 0.1) is 23.1 Å². The summed E-state index contributed by atoms with van der Waals surface area (Å²) in [5.74, 6) is -2.94. The fraction of sp³-hybridized carbons (Fsp3) is 0.435. The average molecular weight is 524 g/mol. The number of carboxylic acids is 1. The largest absolute Gasteiger partial charge is 0.490 e. The van der Waals surface area contributed by atoms with Crippen LogP contribution in [0, 0.1) is 6.92 Å². The van der Waals surface area contributed by atoms with Crippen LogP contribution in [0.4, 0.5) is 18.9 Å². The van der Waals surface area contributed by atoms with Crippen LogP contribution in [-0.2, 0) is 17.8 Å². The molecule has 1 fully saturated rings. The van der Waals surface area contributed by atoms with Gasteiger partial charge < -0.3 is 20.3 Å². The Hall–Kier alpha value is -3.94. The summed E-state index contributed by atoms with van der Waals surface area (Å²) in [5, 5.41) is 14.3. The zero-order chi connectivity index (χ0) is 27.5. The molecule has 0 atom stereocenters. The van der Waals surface area contributed by atoms with Crippen LogP contribution < -0.4 is 15.8 Å². The van der Waals surface area contributed by atoms with Crippen LogP contribution in [-0.4, -0.2) is 80.9 Å². The smallest absolute Gasteiger partial charge is 0.475 e. The minimum absolute atomic E-state index is 0.0477. The molecule has 1 amide bonds. The molecule has 3 N–H and O–H groups in total. The molecule has 0 aliphatic carbocycles. The number of aromatic amines is 1. The molecule has 1 saturated heterocycles. The Morgan fingerprint density at radius 3 is 2.49 bits per heavy atom. The predicted octanol–water partition coefficient (Wildman–Crippen LogP) is 1.60. The van der Waals surface area contributed by atoms with E-state index >= 15 is 0 Å². The van der Waals surface area contributed by atoms with Crippen molar-refractivity contribution in [1.29, 1.82) is 0 Å². The summed E-state index contributed by atoms with van der Waals surface area (Å²) in [7, 11) is 3.67. The molecule has 37 heavy (non-hydrogen) atoms. The summed E-state index contributed by atoms with van der Waals surface area (Å²) in [6.45, 7) is 6.45. The molecule has 3 aromatic rings.